The van der Waals surface area contributed by atoms with Crippen molar-refractivity contribution in [1.82, 2.24) is 5.32 Å². The van der Waals surface area contributed by atoms with Gasteiger partial charge in [-0.3, -0.25) is 4.79 Å². The summed E-state index contributed by atoms with van der Waals surface area (Å²) in [6.07, 6.45) is 9.54. The highest BCUT2D eigenvalue weighted by atomic mass is 16.5. The fraction of sp³-hybridized carbons (Fsp3) is 0.667. The lowest BCUT2D eigenvalue weighted by atomic mass is 10.0. The second kappa shape index (κ2) is 14.0. The molecule has 1 rings (SSSR count). The Labute approximate surface area is 152 Å². The summed E-state index contributed by atoms with van der Waals surface area (Å²) in [7, 11) is 0. The molecule has 0 aliphatic rings. The van der Waals surface area contributed by atoms with Crippen LogP contribution in [0.3, 0.4) is 0 Å². The van der Waals surface area contributed by atoms with Gasteiger partial charge in [-0.1, -0.05) is 69.7 Å². The topological polar surface area (TPSA) is 69.6 Å². The van der Waals surface area contributed by atoms with Crippen LogP contribution in [0.2, 0.25) is 0 Å². The fourth-order valence-corrected chi connectivity index (χ4v) is 2.86. The molecule has 4 nitrogen and oxygen atoms in total. The van der Waals surface area contributed by atoms with Crippen LogP contribution in [0.4, 0.5) is 0 Å². The molecule has 0 unspecified atom stereocenters. The van der Waals surface area contributed by atoms with E-state index in [2.05, 4.69) is 36.5 Å². The molecule has 0 spiro atoms. The third-order valence-corrected chi connectivity index (χ3v) is 4.49. The minimum absolute atomic E-state index is 0.196. The summed E-state index contributed by atoms with van der Waals surface area (Å²) < 4.78 is 0. The molecule has 3 N–H and O–H groups in total. The zero-order valence-electron chi connectivity index (χ0n) is 15.7. The van der Waals surface area contributed by atoms with Gasteiger partial charge in [0.05, 0.1) is 0 Å². The summed E-state index contributed by atoms with van der Waals surface area (Å²) in [6.45, 7) is 3.72. The van der Waals surface area contributed by atoms with Crippen molar-refractivity contribution < 1.29 is 15.0 Å². The van der Waals surface area contributed by atoms with E-state index >= 15 is 0 Å². The standard InChI is InChI=1S/C21H35NO3/c1-2-3-4-5-6-7-8-10-18-12-14-19(15-13-18)17-22-16-9-11-20(23)21(24)25/h12-15,21-22,24-25H,2-11,16-17H2,1H3. The Bertz CT molecular complexity index is 457. The van der Waals surface area contributed by atoms with Crippen molar-refractivity contribution in [1.29, 1.82) is 0 Å². The molecule has 0 aliphatic carbocycles. The van der Waals surface area contributed by atoms with Crippen molar-refractivity contribution in [3.63, 3.8) is 0 Å². The van der Waals surface area contributed by atoms with Gasteiger partial charge in [-0.2, -0.15) is 0 Å². The van der Waals surface area contributed by atoms with E-state index in [0.29, 0.717) is 13.0 Å². The molecule has 4 heteroatoms. The molecule has 0 fully saturated rings. The van der Waals surface area contributed by atoms with Crippen LogP contribution in [0, 0.1) is 0 Å². The minimum Gasteiger partial charge on any atom is -0.362 e. The van der Waals surface area contributed by atoms with E-state index in [1.54, 1.807) is 0 Å². The van der Waals surface area contributed by atoms with E-state index in [-0.39, 0.29) is 6.42 Å². The third-order valence-electron chi connectivity index (χ3n) is 4.49. The van der Waals surface area contributed by atoms with Gasteiger partial charge in [-0.25, -0.2) is 0 Å². The molecule has 0 amide bonds. The van der Waals surface area contributed by atoms with Gasteiger partial charge >= 0.3 is 0 Å². The predicted molar refractivity (Wildman–Crippen MR) is 102 cm³/mol. The van der Waals surface area contributed by atoms with Gasteiger partial charge in [-0.05, 0) is 36.9 Å². The molecule has 142 valence electrons. The largest absolute Gasteiger partial charge is 0.362 e. The van der Waals surface area contributed by atoms with Crippen molar-refractivity contribution in [3.05, 3.63) is 35.4 Å². The van der Waals surface area contributed by atoms with Gasteiger partial charge in [0.15, 0.2) is 5.78 Å². The maximum Gasteiger partial charge on any atom is 0.212 e. The Morgan fingerprint density at radius 3 is 2.16 bits per heavy atom. The average Bonchev–Trinajstić information content (AvgIpc) is 2.61. The van der Waals surface area contributed by atoms with Gasteiger partial charge in [0.2, 0.25) is 6.29 Å². The molecule has 0 heterocycles. The van der Waals surface area contributed by atoms with E-state index in [1.807, 2.05) is 0 Å². The van der Waals surface area contributed by atoms with E-state index in [1.165, 1.54) is 56.1 Å². The number of aryl methyl sites for hydroxylation is 1. The first-order valence-electron chi connectivity index (χ1n) is 9.81. The maximum absolute atomic E-state index is 11.1. The molecule has 0 saturated heterocycles. The number of aliphatic hydroxyl groups excluding tert-OH is 1. The van der Waals surface area contributed by atoms with Crippen LogP contribution in [-0.4, -0.2) is 28.8 Å². The molecule has 25 heavy (non-hydrogen) atoms. The molecule has 0 aromatic heterocycles. The Kier molecular flexibility index (Phi) is 12.2. The molecular formula is C21H35NO3. The zero-order chi connectivity index (χ0) is 18.3. The highest BCUT2D eigenvalue weighted by Gasteiger charge is 2.09. The minimum atomic E-state index is -1.83. The first kappa shape index (κ1) is 21.8. The van der Waals surface area contributed by atoms with Gasteiger partial charge in [-0.15, -0.1) is 0 Å². The van der Waals surface area contributed by atoms with E-state index in [4.69, 9.17) is 10.2 Å². The fourth-order valence-electron chi connectivity index (χ4n) is 2.86. The maximum atomic E-state index is 11.1. The lowest BCUT2D eigenvalue weighted by Crippen LogP contribution is -2.21. The van der Waals surface area contributed by atoms with E-state index in [9.17, 15) is 4.79 Å². The van der Waals surface area contributed by atoms with Gasteiger partial charge in [0, 0.05) is 13.0 Å². The van der Waals surface area contributed by atoms with Crippen LogP contribution in [0.1, 0.15) is 75.8 Å². The van der Waals surface area contributed by atoms with Crippen LogP contribution in [0.15, 0.2) is 24.3 Å². The summed E-state index contributed by atoms with van der Waals surface area (Å²) in [5.41, 5.74) is 2.64. The molecule has 0 bridgehead atoms. The summed E-state index contributed by atoms with van der Waals surface area (Å²) >= 11 is 0. The number of hydrogen-bond donors (Lipinski definition) is 3. The number of Topliss-reactive ketones (excluding diaryl/α,β-unsaturated/α-hetero) is 1. The first-order chi connectivity index (χ1) is 12.1. The van der Waals surface area contributed by atoms with E-state index < -0.39 is 12.1 Å². The molecule has 0 atom stereocenters. The van der Waals surface area contributed by atoms with Crippen molar-refractivity contribution >= 4 is 5.78 Å². The molecule has 1 aromatic carbocycles. The SMILES string of the molecule is CCCCCCCCCc1ccc(CNCCCC(=O)C(O)O)cc1. The third kappa shape index (κ3) is 11.1. The van der Waals surface area contributed by atoms with Crippen LogP contribution in [0.25, 0.3) is 0 Å². The predicted octanol–water partition coefficient (Wildman–Crippen LogP) is 3.73. The van der Waals surface area contributed by atoms with Crippen molar-refractivity contribution in [2.45, 2.75) is 84.0 Å². The van der Waals surface area contributed by atoms with Crippen LogP contribution in [0.5, 0.6) is 0 Å². The van der Waals surface area contributed by atoms with Crippen LogP contribution < -0.4 is 5.32 Å². The van der Waals surface area contributed by atoms with Gasteiger partial charge in [0.25, 0.3) is 0 Å². The second-order valence-corrected chi connectivity index (χ2v) is 6.81. The molecule has 1 aromatic rings. The van der Waals surface area contributed by atoms with E-state index in [0.717, 1.165) is 13.0 Å². The number of carbonyl (C=O) groups excluding carboxylic acids is 1. The number of rotatable bonds is 15. The Balaban J connectivity index is 2.08. The highest BCUT2D eigenvalue weighted by molar-refractivity contribution is 5.81. The molecular weight excluding hydrogens is 314 g/mol. The summed E-state index contributed by atoms with van der Waals surface area (Å²) in [5, 5.41) is 20.7. The van der Waals surface area contributed by atoms with Gasteiger partial charge < -0.3 is 15.5 Å². The number of benzene rings is 1. The average molecular weight is 350 g/mol. The second-order valence-electron chi connectivity index (χ2n) is 6.81. The lowest BCUT2D eigenvalue weighted by Gasteiger charge is -2.07. The lowest BCUT2D eigenvalue weighted by molar-refractivity contribution is -0.145. The summed E-state index contributed by atoms with van der Waals surface area (Å²) in [4.78, 5) is 11.1. The Morgan fingerprint density at radius 2 is 1.52 bits per heavy atom. The number of unbranched alkanes of at least 4 members (excludes halogenated alkanes) is 6. The quantitative estimate of drug-likeness (QED) is 0.333. The molecule has 0 aliphatic heterocycles. The van der Waals surface area contributed by atoms with Crippen molar-refractivity contribution in [3.8, 4) is 0 Å². The van der Waals surface area contributed by atoms with Crippen LogP contribution >= 0.6 is 0 Å². The zero-order valence-corrected chi connectivity index (χ0v) is 15.7. The van der Waals surface area contributed by atoms with Crippen LogP contribution in [-0.2, 0) is 17.8 Å². The van der Waals surface area contributed by atoms with Gasteiger partial charge in [0.1, 0.15) is 0 Å². The monoisotopic (exact) mass is 349 g/mol. The Morgan fingerprint density at radius 1 is 0.920 bits per heavy atom. The van der Waals surface area contributed by atoms with Crippen molar-refractivity contribution in [2.75, 3.05) is 6.54 Å². The summed E-state index contributed by atoms with van der Waals surface area (Å²) in [6, 6.07) is 8.73. The molecule has 0 radical (unpaired) electrons. The number of carbonyl (C=O) groups is 1. The molecule has 0 saturated carbocycles. The number of hydrogen-bond acceptors (Lipinski definition) is 4. The Hall–Kier alpha value is -1.23. The normalized spacial score (nSPS) is 11.2. The highest BCUT2D eigenvalue weighted by Crippen LogP contribution is 2.11. The smallest absolute Gasteiger partial charge is 0.212 e. The first-order valence-corrected chi connectivity index (χ1v) is 9.81. The summed E-state index contributed by atoms with van der Waals surface area (Å²) in [5.74, 6) is -0.517. The number of ketones is 1. The number of aliphatic hydroxyl groups is 2. The number of nitrogens with one attached hydrogen (secondary N) is 1. The van der Waals surface area contributed by atoms with Crippen molar-refractivity contribution in [2.24, 2.45) is 0 Å².